The summed E-state index contributed by atoms with van der Waals surface area (Å²) >= 11 is 7.25. The molecule has 0 unspecified atom stereocenters. The number of aromatic nitrogens is 3. The molecule has 0 spiro atoms. The summed E-state index contributed by atoms with van der Waals surface area (Å²) in [6.45, 7) is 0.109. The molecule has 0 saturated heterocycles. The molecule has 4 rings (SSSR count). The van der Waals surface area contributed by atoms with Crippen LogP contribution in [0.1, 0.15) is 5.82 Å². The normalized spacial score (nSPS) is 10.9. The number of nitrogens with zero attached hydrogens (tertiary/aromatic N) is 3. The first-order valence-corrected chi connectivity index (χ1v) is 10.7. The molecule has 1 aromatic heterocycles. The molecule has 6 nitrogen and oxygen atoms in total. The number of anilines is 1. The predicted octanol–water partition coefficient (Wildman–Crippen LogP) is 5.07. The van der Waals surface area contributed by atoms with Gasteiger partial charge in [0.15, 0.2) is 11.0 Å². The molecule has 1 amide bonds. The predicted molar refractivity (Wildman–Crippen MR) is 120 cm³/mol. The van der Waals surface area contributed by atoms with E-state index >= 15 is 0 Å². The number of amides is 1. The summed E-state index contributed by atoms with van der Waals surface area (Å²) in [6.07, 6.45) is 0. The number of carbonyl (C=O) groups is 1. The molecule has 0 aliphatic rings. The lowest BCUT2D eigenvalue weighted by Gasteiger charge is -2.09. The molecule has 1 heterocycles. The molecule has 0 atom stereocenters. The number of carbonyl (C=O) groups excluding carboxylic acids is 1. The van der Waals surface area contributed by atoms with Crippen LogP contribution in [0.2, 0.25) is 5.02 Å². The van der Waals surface area contributed by atoms with E-state index in [1.54, 1.807) is 11.6 Å². The maximum absolute atomic E-state index is 13.1. The van der Waals surface area contributed by atoms with Crippen molar-refractivity contribution in [3.63, 3.8) is 0 Å². The molecule has 3 aromatic carbocycles. The van der Waals surface area contributed by atoms with Crippen molar-refractivity contribution < 1.29 is 13.9 Å². The van der Waals surface area contributed by atoms with Gasteiger partial charge in [0.1, 0.15) is 18.2 Å². The number of ether oxygens (including phenoxy) is 1. The third kappa shape index (κ3) is 4.98. The van der Waals surface area contributed by atoms with E-state index in [0.717, 1.165) is 16.5 Å². The standard InChI is InChI=1S/C22H18ClFN4O2S/c1-28-20(12-30-19-10-9-15(24)11-17(19)23)26-27-22(28)31-13-21(29)25-18-8-4-6-14-5-2-3-7-16(14)18/h2-11H,12-13H2,1H3,(H,25,29). The summed E-state index contributed by atoms with van der Waals surface area (Å²) in [5, 5.41) is 14.0. The number of hydrogen-bond donors (Lipinski definition) is 1. The maximum atomic E-state index is 13.1. The first-order valence-electron chi connectivity index (χ1n) is 9.38. The smallest absolute Gasteiger partial charge is 0.234 e. The van der Waals surface area contributed by atoms with Crippen molar-refractivity contribution in [2.24, 2.45) is 7.05 Å². The third-order valence-corrected chi connectivity index (χ3v) is 5.89. The second-order valence-corrected chi connectivity index (χ2v) is 8.03. The van der Waals surface area contributed by atoms with Gasteiger partial charge in [-0.05, 0) is 29.7 Å². The number of hydrogen-bond acceptors (Lipinski definition) is 5. The van der Waals surface area contributed by atoms with Gasteiger partial charge in [0.05, 0.1) is 10.8 Å². The molecular formula is C22H18ClFN4O2S. The number of fused-ring (bicyclic) bond motifs is 1. The number of nitrogens with one attached hydrogen (secondary N) is 1. The van der Waals surface area contributed by atoms with E-state index in [9.17, 15) is 9.18 Å². The van der Waals surface area contributed by atoms with Crippen molar-refractivity contribution in [2.45, 2.75) is 11.8 Å². The van der Waals surface area contributed by atoms with Crippen LogP contribution in [0.3, 0.4) is 0 Å². The van der Waals surface area contributed by atoms with Crippen LogP contribution in [-0.4, -0.2) is 26.4 Å². The summed E-state index contributed by atoms with van der Waals surface area (Å²) < 4.78 is 20.5. The van der Waals surface area contributed by atoms with Crippen molar-refractivity contribution in [2.75, 3.05) is 11.1 Å². The Hall–Kier alpha value is -3.10. The van der Waals surface area contributed by atoms with Crippen LogP contribution in [0.15, 0.2) is 65.8 Å². The Morgan fingerprint density at radius 2 is 1.97 bits per heavy atom. The molecule has 0 saturated carbocycles. The summed E-state index contributed by atoms with van der Waals surface area (Å²) in [5.74, 6) is 0.517. The average molecular weight is 457 g/mol. The van der Waals surface area contributed by atoms with E-state index in [1.165, 1.54) is 30.0 Å². The van der Waals surface area contributed by atoms with Crippen LogP contribution in [0.4, 0.5) is 10.1 Å². The fourth-order valence-electron chi connectivity index (χ4n) is 2.98. The minimum absolute atomic E-state index is 0.109. The minimum atomic E-state index is -0.434. The first-order chi connectivity index (χ1) is 15.0. The number of thioether (sulfide) groups is 1. The van der Waals surface area contributed by atoms with E-state index in [-0.39, 0.29) is 23.3 Å². The van der Waals surface area contributed by atoms with Crippen molar-refractivity contribution in [3.8, 4) is 5.75 Å². The Morgan fingerprint density at radius 1 is 1.16 bits per heavy atom. The third-order valence-electron chi connectivity index (χ3n) is 4.57. The van der Waals surface area contributed by atoms with Crippen LogP contribution >= 0.6 is 23.4 Å². The van der Waals surface area contributed by atoms with Gasteiger partial charge in [0, 0.05) is 18.1 Å². The highest BCUT2D eigenvalue weighted by Gasteiger charge is 2.13. The molecule has 0 aliphatic carbocycles. The number of benzene rings is 3. The van der Waals surface area contributed by atoms with E-state index in [0.29, 0.717) is 16.7 Å². The van der Waals surface area contributed by atoms with Crippen LogP contribution in [0.5, 0.6) is 5.75 Å². The van der Waals surface area contributed by atoms with Gasteiger partial charge < -0.3 is 14.6 Å². The molecule has 9 heteroatoms. The Balaban J connectivity index is 1.35. The minimum Gasteiger partial charge on any atom is -0.484 e. The zero-order chi connectivity index (χ0) is 21.8. The quantitative estimate of drug-likeness (QED) is 0.393. The zero-order valence-corrected chi connectivity index (χ0v) is 18.1. The average Bonchev–Trinajstić information content (AvgIpc) is 3.11. The van der Waals surface area contributed by atoms with Crippen LogP contribution in [-0.2, 0) is 18.4 Å². The summed E-state index contributed by atoms with van der Waals surface area (Å²) in [7, 11) is 1.79. The van der Waals surface area contributed by atoms with Crippen molar-refractivity contribution in [1.29, 1.82) is 0 Å². The van der Waals surface area contributed by atoms with Crippen molar-refractivity contribution in [1.82, 2.24) is 14.8 Å². The molecule has 4 aromatic rings. The summed E-state index contributed by atoms with van der Waals surface area (Å²) in [6, 6.07) is 17.6. The van der Waals surface area contributed by atoms with E-state index in [1.807, 2.05) is 42.5 Å². The molecule has 0 fully saturated rings. The maximum Gasteiger partial charge on any atom is 0.234 e. The van der Waals surface area contributed by atoms with E-state index < -0.39 is 5.82 Å². The molecule has 0 aliphatic heterocycles. The molecule has 31 heavy (non-hydrogen) atoms. The Kier molecular flexibility index (Phi) is 6.39. The second-order valence-electron chi connectivity index (χ2n) is 6.68. The topological polar surface area (TPSA) is 69.0 Å². The lowest BCUT2D eigenvalue weighted by atomic mass is 10.1. The van der Waals surface area contributed by atoms with Crippen LogP contribution in [0.25, 0.3) is 10.8 Å². The lowest BCUT2D eigenvalue weighted by Crippen LogP contribution is -2.14. The first kappa shape index (κ1) is 21.1. The van der Waals surface area contributed by atoms with Gasteiger partial charge >= 0.3 is 0 Å². The Bertz CT molecular complexity index is 1240. The molecule has 158 valence electrons. The van der Waals surface area contributed by atoms with E-state index in [2.05, 4.69) is 15.5 Å². The van der Waals surface area contributed by atoms with Crippen molar-refractivity contribution >= 4 is 45.7 Å². The summed E-state index contributed by atoms with van der Waals surface area (Å²) in [4.78, 5) is 12.5. The zero-order valence-electron chi connectivity index (χ0n) is 16.5. The highest BCUT2D eigenvalue weighted by molar-refractivity contribution is 7.99. The van der Waals surface area contributed by atoms with E-state index in [4.69, 9.17) is 16.3 Å². The molecule has 1 N–H and O–H groups in total. The monoisotopic (exact) mass is 456 g/mol. The fourth-order valence-corrected chi connectivity index (χ4v) is 3.93. The van der Waals surface area contributed by atoms with Gasteiger partial charge in [-0.1, -0.05) is 59.8 Å². The molecular weight excluding hydrogens is 439 g/mol. The molecule has 0 radical (unpaired) electrons. The van der Waals surface area contributed by atoms with Gasteiger partial charge in [0.2, 0.25) is 5.91 Å². The van der Waals surface area contributed by atoms with Gasteiger partial charge in [0.25, 0.3) is 0 Å². The van der Waals surface area contributed by atoms with Crippen LogP contribution < -0.4 is 10.1 Å². The highest BCUT2D eigenvalue weighted by Crippen LogP contribution is 2.26. The lowest BCUT2D eigenvalue weighted by molar-refractivity contribution is -0.113. The van der Waals surface area contributed by atoms with Gasteiger partial charge in [-0.25, -0.2) is 4.39 Å². The second kappa shape index (κ2) is 9.36. The Labute approximate surface area is 187 Å². The highest BCUT2D eigenvalue weighted by atomic mass is 35.5. The SMILES string of the molecule is Cn1c(COc2ccc(F)cc2Cl)nnc1SCC(=O)Nc1cccc2ccccc12. The van der Waals surface area contributed by atoms with Crippen LogP contribution in [0, 0.1) is 5.82 Å². The summed E-state index contributed by atoms with van der Waals surface area (Å²) in [5.41, 5.74) is 0.770. The van der Waals surface area contributed by atoms with Gasteiger partial charge in [-0.15, -0.1) is 10.2 Å². The number of rotatable bonds is 7. The van der Waals surface area contributed by atoms with Crippen molar-refractivity contribution in [3.05, 3.63) is 77.3 Å². The largest absolute Gasteiger partial charge is 0.484 e. The fraction of sp³-hybridized carbons (Fsp3) is 0.136. The van der Waals surface area contributed by atoms with Gasteiger partial charge in [-0.2, -0.15) is 0 Å². The van der Waals surface area contributed by atoms with Gasteiger partial charge in [-0.3, -0.25) is 4.79 Å². The Morgan fingerprint density at radius 3 is 2.81 bits per heavy atom. The number of halogens is 2. The molecule has 0 bridgehead atoms.